The van der Waals surface area contributed by atoms with Gasteiger partial charge in [-0.1, -0.05) is 37.6 Å². The average Bonchev–Trinajstić information content (AvgIpc) is 2.16. The Hall–Kier alpha value is -0.140. The molecule has 1 aromatic carbocycles. The Kier molecular flexibility index (Phi) is 4.83. The van der Waals surface area contributed by atoms with Gasteiger partial charge < -0.3 is 0 Å². The van der Waals surface area contributed by atoms with Gasteiger partial charge in [0.2, 0.25) is 0 Å². The Labute approximate surface area is 96.0 Å². The Morgan fingerprint density at radius 1 is 1.21 bits per heavy atom. The summed E-state index contributed by atoms with van der Waals surface area (Å²) >= 11 is 7.78. The summed E-state index contributed by atoms with van der Waals surface area (Å²) in [6.07, 6.45) is 3.32. The smallest absolute Gasteiger partial charge is 0.0406 e. The van der Waals surface area contributed by atoms with E-state index in [0.717, 1.165) is 17.4 Å². The summed E-state index contributed by atoms with van der Waals surface area (Å²) in [5.74, 6) is 0.723. The predicted octanol–water partition coefficient (Wildman–Crippen LogP) is 4.27. The van der Waals surface area contributed by atoms with E-state index in [9.17, 15) is 0 Å². The fourth-order valence-electron chi connectivity index (χ4n) is 1.44. The van der Waals surface area contributed by atoms with Crippen molar-refractivity contribution in [3.8, 4) is 0 Å². The molecule has 0 N–H and O–H groups in total. The highest BCUT2D eigenvalue weighted by atomic mass is 35.5. The molecule has 0 bridgehead atoms. The lowest BCUT2D eigenvalue weighted by atomic mass is 10.0. The van der Waals surface area contributed by atoms with E-state index in [4.69, 9.17) is 11.6 Å². The van der Waals surface area contributed by atoms with Crippen LogP contribution >= 0.6 is 23.4 Å². The molecule has 1 rings (SSSR count). The van der Waals surface area contributed by atoms with Crippen molar-refractivity contribution in [2.45, 2.75) is 25.5 Å². The maximum absolute atomic E-state index is 5.84. The molecule has 0 saturated heterocycles. The molecule has 0 saturated carbocycles. The SMILES string of the molecule is CSC(Cc1ccc(Cl)cc1)C(C)C. The van der Waals surface area contributed by atoms with Gasteiger partial charge in [0.1, 0.15) is 0 Å². The lowest BCUT2D eigenvalue weighted by Gasteiger charge is -2.18. The number of thioether (sulfide) groups is 1. The van der Waals surface area contributed by atoms with E-state index in [-0.39, 0.29) is 0 Å². The third-order valence-electron chi connectivity index (χ3n) is 2.40. The first-order valence-corrected chi connectivity index (χ1v) is 6.57. The normalized spacial score (nSPS) is 13.2. The molecule has 0 nitrogen and oxygen atoms in total. The summed E-state index contributed by atoms with van der Waals surface area (Å²) in [6.45, 7) is 4.55. The standard InChI is InChI=1S/C12H17ClS/c1-9(2)12(14-3)8-10-4-6-11(13)7-5-10/h4-7,9,12H,8H2,1-3H3. The summed E-state index contributed by atoms with van der Waals surface area (Å²) in [5.41, 5.74) is 1.38. The van der Waals surface area contributed by atoms with Crippen LogP contribution in [0.5, 0.6) is 0 Å². The van der Waals surface area contributed by atoms with Crippen LogP contribution in [-0.4, -0.2) is 11.5 Å². The molecule has 0 radical (unpaired) electrons. The van der Waals surface area contributed by atoms with Gasteiger partial charge in [0, 0.05) is 10.3 Å². The van der Waals surface area contributed by atoms with Crippen LogP contribution in [0.2, 0.25) is 5.02 Å². The minimum absolute atomic E-state index is 0.705. The van der Waals surface area contributed by atoms with Crippen LogP contribution in [0.1, 0.15) is 19.4 Å². The molecule has 2 heteroatoms. The topological polar surface area (TPSA) is 0 Å². The monoisotopic (exact) mass is 228 g/mol. The highest BCUT2D eigenvalue weighted by molar-refractivity contribution is 7.99. The largest absolute Gasteiger partial charge is 0.161 e. The quantitative estimate of drug-likeness (QED) is 0.742. The summed E-state index contributed by atoms with van der Waals surface area (Å²) in [7, 11) is 0. The predicted molar refractivity (Wildman–Crippen MR) is 67.3 cm³/mol. The summed E-state index contributed by atoms with van der Waals surface area (Å²) in [4.78, 5) is 0. The number of hydrogen-bond acceptors (Lipinski definition) is 1. The van der Waals surface area contributed by atoms with Crippen molar-refractivity contribution in [3.63, 3.8) is 0 Å². The maximum atomic E-state index is 5.84. The van der Waals surface area contributed by atoms with Gasteiger partial charge in [-0.2, -0.15) is 11.8 Å². The van der Waals surface area contributed by atoms with Crippen molar-refractivity contribution < 1.29 is 0 Å². The minimum atomic E-state index is 0.705. The molecule has 0 aromatic heterocycles. The molecule has 0 heterocycles. The van der Waals surface area contributed by atoms with Crippen LogP contribution < -0.4 is 0 Å². The van der Waals surface area contributed by atoms with Crippen molar-refractivity contribution in [3.05, 3.63) is 34.9 Å². The molecule has 0 aliphatic carbocycles. The van der Waals surface area contributed by atoms with Crippen molar-refractivity contribution in [2.75, 3.05) is 6.26 Å². The van der Waals surface area contributed by atoms with Gasteiger partial charge in [-0.15, -0.1) is 0 Å². The molecule has 0 aliphatic heterocycles. The van der Waals surface area contributed by atoms with E-state index in [2.05, 4.69) is 32.2 Å². The van der Waals surface area contributed by atoms with Crippen LogP contribution in [0.15, 0.2) is 24.3 Å². The zero-order chi connectivity index (χ0) is 10.6. The molecule has 0 aliphatic rings. The van der Waals surface area contributed by atoms with E-state index in [1.54, 1.807) is 0 Å². The zero-order valence-corrected chi connectivity index (χ0v) is 10.5. The second kappa shape index (κ2) is 5.67. The Morgan fingerprint density at radius 3 is 2.21 bits per heavy atom. The lowest BCUT2D eigenvalue weighted by molar-refractivity contribution is 0.605. The van der Waals surface area contributed by atoms with Crippen LogP contribution in [0, 0.1) is 5.92 Å². The number of hydrogen-bond donors (Lipinski definition) is 0. The van der Waals surface area contributed by atoms with Crippen LogP contribution in [-0.2, 0) is 6.42 Å². The van der Waals surface area contributed by atoms with Gasteiger partial charge in [-0.25, -0.2) is 0 Å². The van der Waals surface area contributed by atoms with Crippen molar-refractivity contribution in [1.82, 2.24) is 0 Å². The van der Waals surface area contributed by atoms with E-state index in [0.29, 0.717) is 5.25 Å². The van der Waals surface area contributed by atoms with Gasteiger partial charge in [0.05, 0.1) is 0 Å². The van der Waals surface area contributed by atoms with Crippen molar-refractivity contribution in [2.24, 2.45) is 5.92 Å². The summed E-state index contributed by atoms with van der Waals surface area (Å²) in [5, 5.41) is 1.52. The minimum Gasteiger partial charge on any atom is -0.161 e. The first kappa shape index (κ1) is 11.9. The van der Waals surface area contributed by atoms with Crippen LogP contribution in [0.25, 0.3) is 0 Å². The van der Waals surface area contributed by atoms with E-state index < -0.39 is 0 Å². The number of benzene rings is 1. The van der Waals surface area contributed by atoms with Crippen LogP contribution in [0.3, 0.4) is 0 Å². The molecule has 0 spiro atoms. The van der Waals surface area contributed by atoms with E-state index in [1.807, 2.05) is 23.9 Å². The summed E-state index contributed by atoms with van der Waals surface area (Å²) < 4.78 is 0. The molecule has 0 fully saturated rings. The van der Waals surface area contributed by atoms with E-state index in [1.165, 1.54) is 5.56 Å². The van der Waals surface area contributed by atoms with Crippen LogP contribution in [0.4, 0.5) is 0 Å². The zero-order valence-electron chi connectivity index (χ0n) is 8.96. The van der Waals surface area contributed by atoms with Crippen molar-refractivity contribution >= 4 is 23.4 Å². The highest BCUT2D eigenvalue weighted by Crippen LogP contribution is 2.22. The first-order valence-electron chi connectivity index (χ1n) is 4.90. The van der Waals surface area contributed by atoms with Gasteiger partial charge in [0.15, 0.2) is 0 Å². The molecular formula is C12H17ClS. The van der Waals surface area contributed by atoms with Gasteiger partial charge in [-0.3, -0.25) is 0 Å². The van der Waals surface area contributed by atoms with Gasteiger partial charge in [0.25, 0.3) is 0 Å². The Balaban J connectivity index is 2.63. The van der Waals surface area contributed by atoms with Gasteiger partial charge >= 0.3 is 0 Å². The average molecular weight is 229 g/mol. The Bertz CT molecular complexity index is 266. The fraction of sp³-hybridized carbons (Fsp3) is 0.500. The molecular weight excluding hydrogens is 212 g/mol. The summed E-state index contributed by atoms with van der Waals surface area (Å²) in [6, 6.07) is 8.17. The molecule has 0 amide bonds. The third-order valence-corrected chi connectivity index (χ3v) is 3.96. The number of rotatable bonds is 4. The van der Waals surface area contributed by atoms with E-state index >= 15 is 0 Å². The lowest BCUT2D eigenvalue weighted by Crippen LogP contribution is -2.13. The van der Waals surface area contributed by atoms with Crippen molar-refractivity contribution in [1.29, 1.82) is 0 Å². The second-order valence-corrected chi connectivity index (χ2v) is 5.36. The molecule has 78 valence electrons. The van der Waals surface area contributed by atoms with Gasteiger partial charge in [-0.05, 0) is 36.3 Å². The molecule has 1 aromatic rings. The first-order chi connectivity index (χ1) is 6.63. The highest BCUT2D eigenvalue weighted by Gasteiger charge is 2.11. The maximum Gasteiger partial charge on any atom is 0.0406 e. The third kappa shape index (κ3) is 3.55. The Morgan fingerprint density at radius 2 is 1.79 bits per heavy atom. The molecule has 1 atom stereocenters. The molecule has 14 heavy (non-hydrogen) atoms. The molecule has 1 unspecified atom stereocenters. The number of halogens is 1. The second-order valence-electron chi connectivity index (χ2n) is 3.85. The fourth-order valence-corrected chi connectivity index (χ4v) is 2.47.